The van der Waals surface area contributed by atoms with Crippen molar-refractivity contribution in [1.29, 1.82) is 0 Å². The first-order valence-electron chi connectivity index (χ1n) is 0.730. The van der Waals surface area contributed by atoms with Crippen LogP contribution in [0.4, 0.5) is 4.70 Å². The van der Waals surface area contributed by atoms with Crippen LogP contribution in [0.2, 0.25) is 0 Å². The van der Waals surface area contributed by atoms with Crippen LogP contribution >= 0.6 is 0 Å². The molecular formula is HAgAsFO4. The van der Waals surface area contributed by atoms with Gasteiger partial charge >= 0.3 is 52.9 Å². The molecular weight excluding hydrogens is 266 g/mol. The largest absolute Gasteiger partial charge is 3.00 e. The molecule has 0 heterocycles. The van der Waals surface area contributed by atoms with E-state index in [1.165, 1.54) is 0 Å². The van der Waals surface area contributed by atoms with Crippen LogP contribution in [0.3, 0.4) is 0 Å². The third-order valence-electron chi connectivity index (χ3n) is 0. The molecule has 0 atom stereocenters. The van der Waals surface area contributed by atoms with Gasteiger partial charge in [0.05, 0.1) is 0 Å². The third-order valence-corrected chi connectivity index (χ3v) is 0. The summed E-state index contributed by atoms with van der Waals surface area (Å²) in [5, 5.41) is 0. The molecule has 48 valence electrons. The Bertz CT molecular complexity index is 57.8. The Labute approximate surface area is 57.8 Å². The Kier molecular flexibility index (Phi) is 11.3. The molecule has 0 saturated heterocycles. The fraction of sp³-hybridized carbons (Fsp3) is 0. The van der Waals surface area contributed by atoms with Crippen molar-refractivity contribution in [2.45, 2.75) is 0 Å². The quantitative estimate of drug-likeness (QED) is 0.419. The summed E-state index contributed by atoms with van der Waals surface area (Å²) >= 11 is -5.88. The molecule has 0 radical (unpaired) electrons. The average molecular weight is 267 g/mol. The normalized spacial score (nSPS) is 8.43. The Hall–Kier alpha value is 0.909. The minimum Gasteiger partial charge on any atom is 3.00 e. The second-order valence-electron chi connectivity index (χ2n) is 0.447. The van der Waals surface area contributed by atoms with Gasteiger partial charge in [-0.2, -0.15) is 0 Å². The van der Waals surface area contributed by atoms with Crippen molar-refractivity contribution in [3.63, 3.8) is 0 Å². The molecule has 7 heteroatoms. The maximum absolute atomic E-state index is 8.61. The van der Waals surface area contributed by atoms with Gasteiger partial charge in [-0.05, 0) is 0 Å². The number of hydrogen-bond acceptors (Lipinski definition) is 4. The van der Waals surface area contributed by atoms with E-state index in [9.17, 15) is 0 Å². The zero-order valence-electron chi connectivity index (χ0n) is 2.79. The molecule has 0 rings (SSSR count). The summed E-state index contributed by atoms with van der Waals surface area (Å²) in [7, 11) is 0. The molecule has 0 aromatic carbocycles. The van der Waals surface area contributed by atoms with E-state index in [0.29, 0.717) is 0 Å². The van der Waals surface area contributed by atoms with Crippen LogP contribution in [0.5, 0.6) is 0 Å². The first kappa shape index (κ1) is 15.7. The van der Waals surface area contributed by atoms with E-state index in [2.05, 4.69) is 0 Å². The van der Waals surface area contributed by atoms with Crippen LogP contribution in [0, 0.1) is 0 Å². The fourth-order valence-electron chi connectivity index (χ4n) is 0. The standard InChI is InChI=1S/Ag.AsH3O4.FH/c;2-1(3,4)5;/h;(H3,2,3,4,5);1H/q+3;;/p-3. The van der Waals surface area contributed by atoms with Gasteiger partial charge < -0.3 is 0 Å². The van der Waals surface area contributed by atoms with Crippen LogP contribution in [0.25, 0.3) is 0 Å². The maximum atomic E-state index is 8.61. The first-order chi connectivity index (χ1) is 2.00. The van der Waals surface area contributed by atoms with Crippen LogP contribution < -0.4 is 12.3 Å². The maximum Gasteiger partial charge on any atom is 3.00 e. The SMILES string of the molecule is F.O=[As]([O-])([O-])[O-].[Ag+3]. The van der Waals surface area contributed by atoms with E-state index >= 15 is 0 Å². The van der Waals surface area contributed by atoms with Gasteiger partial charge in [0.1, 0.15) is 0 Å². The molecule has 0 aromatic heterocycles. The van der Waals surface area contributed by atoms with Crippen molar-refractivity contribution in [3.05, 3.63) is 0 Å². The Morgan fingerprint density at radius 1 is 1.14 bits per heavy atom. The molecule has 0 unspecified atom stereocenters. The molecule has 0 amide bonds. The molecule has 0 aliphatic carbocycles. The summed E-state index contributed by atoms with van der Waals surface area (Å²) in [6.45, 7) is 0. The van der Waals surface area contributed by atoms with Crippen molar-refractivity contribution in [3.8, 4) is 0 Å². The van der Waals surface area contributed by atoms with Gasteiger partial charge in [0.25, 0.3) is 0 Å². The second kappa shape index (κ2) is 5.05. The minimum atomic E-state index is -5.88. The Balaban J connectivity index is -0.0000000800. The molecule has 4 nitrogen and oxygen atoms in total. The predicted octanol–water partition coefficient (Wildman–Crippen LogP) is -3.92. The Morgan fingerprint density at radius 3 is 1.14 bits per heavy atom. The fourth-order valence-corrected chi connectivity index (χ4v) is 0. The van der Waals surface area contributed by atoms with E-state index < -0.39 is 14.5 Å². The van der Waals surface area contributed by atoms with E-state index in [1.54, 1.807) is 0 Å². The molecule has 0 bridgehead atoms. The van der Waals surface area contributed by atoms with Gasteiger partial charge in [-0.3, -0.25) is 4.70 Å². The zero-order valence-corrected chi connectivity index (χ0v) is 6.15. The predicted molar refractivity (Wildman–Crippen MR) is 8.94 cm³/mol. The van der Waals surface area contributed by atoms with Crippen molar-refractivity contribution < 1.29 is 43.1 Å². The van der Waals surface area contributed by atoms with Gasteiger partial charge in [0.15, 0.2) is 0 Å². The molecule has 0 fully saturated rings. The zero-order chi connectivity index (χ0) is 4.50. The number of halogens is 1. The van der Waals surface area contributed by atoms with Gasteiger partial charge in [-0.25, -0.2) is 0 Å². The van der Waals surface area contributed by atoms with Gasteiger partial charge in [0.2, 0.25) is 0 Å². The summed E-state index contributed by atoms with van der Waals surface area (Å²) in [5.41, 5.74) is 0. The molecule has 0 N–H and O–H groups in total. The Morgan fingerprint density at radius 2 is 1.14 bits per heavy atom. The summed E-state index contributed by atoms with van der Waals surface area (Å²) < 4.78 is 34.4. The van der Waals surface area contributed by atoms with E-state index in [-0.39, 0.29) is 27.1 Å². The van der Waals surface area contributed by atoms with Crippen LogP contribution in [0.15, 0.2) is 0 Å². The summed E-state index contributed by atoms with van der Waals surface area (Å²) in [4.78, 5) is 0. The topological polar surface area (TPSA) is 86.2 Å². The molecule has 0 aliphatic heterocycles. The van der Waals surface area contributed by atoms with Crippen molar-refractivity contribution >= 4 is 14.5 Å². The summed E-state index contributed by atoms with van der Waals surface area (Å²) in [6, 6.07) is 0. The van der Waals surface area contributed by atoms with E-state index in [4.69, 9.17) is 16.0 Å². The van der Waals surface area contributed by atoms with Crippen LogP contribution in [-0.4, -0.2) is 14.5 Å². The number of hydrogen-bond donors (Lipinski definition) is 0. The van der Waals surface area contributed by atoms with Crippen molar-refractivity contribution in [1.82, 2.24) is 0 Å². The van der Waals surface area contributed by atoms with Crippen LogP contribution in [-0.2, 0) is 26.1 Å². The molecule has 0 aromatic rings. The first-order valence-corrected chi connectivity index (χ1v) is 3.79. The summed E-state index contributed by atoms with van der Waals surface area (Å²) in [5.74, 6) is 0. The van der Waals surface area contributed by atoms with E-state index in [0.717, 1.165) is 0 Å². The summed E-state index contributed by atoms with van der Waals surface area (Å²) in [6.07, 6.45) is 0. The van der Waals surface area contributed by atoms with Crippen LogP contribution in [0.1, 0.15) is 0 Å². The average Bonchev–Trinajstić information content (AvgIpc) is 0.722. The van der Waals surface area contributed by atoms with E-state index in [1.807, 2.05) is 0 Å². The third kappa shape index (κ3) is 202. The minimum absolute atomic E-state index is 0. The second-order valence-corrected chi connectivity index (χ2v) is 2.32. The van der Waals surface area contributed by atoms with Gasteiger partial charge in [-0.1, -0.05) is 0 Å². The van der Waals surface area contributed by atoms with Crippen molar-refractivity contribution in [2.24, 2.45) is 0 Å². The molecule has 7 heavy (non-hydrogen) atoms. The monoisotopic (exact) mass is 266 g/mol. The number of rotatable bonds is 0. The molecule has 0 aliphatic rings. The molecule has 0 saturated carbocycles. The smallest absolute Gasteiger partial charge is 3.00 e. The van der Waals surface area contributed by atoms with Gasteiger partial charge in [0, 0.05) is 0 Å². The van der Waals surface area contributed by atoms with Crippen molar-refractivity contribution in [2.75, 3.05) is 0 Å². The molecule has 0 spiro atoms. The van der Waals surface area contributed by atoms with Gasteiger partial charge in [-0.15, -0.1) is 0 Å².